The zero-order chi connectivity index (χ0) is 10.6. The predicted octanol–water partition coefficient (Wildman–Crippen LogP) is 3.11. The van der Waals surface area contributed by atoms with Gasteiger partial charge in [-0.1, -0.05) is 0 Å². The Morgan fingerprint density at radius 1 is 1.29 bits per heavy atom. The first kappa shape index (κ1) is 12.0. The summed E-state index contributed by atoms with van der Waals surface area (Å²) in [5.74, 6) is 0.855. The molecule has 1 aromatic rings. The molecule has 78 valence electrons. The second-order valence-corrected chi connectivity index (χ2v) is 4.57. The maximum Gasteiger partial charge on any atom is 0.147 e. The minimum absolute atomic E-state index is 0.660. The third-order valence-corrected chi connectivity index (χ3v) is 2.96. The summed E-state index contributed by atoms with van der Waals surface area (Å²) in [7, 11) is 0. The molecular formula is C10H13Br2NO. The molecule has 0 atom stereocenters. The maximum absolute atomic E-state index is 5.50. The van der Waals surface area contributed by atoms with Gasteiger partial charge in [0.2, 0.25) is 0 Å². The Kier molecular flexibility index (Phi) is 4.92. The van der Waals surface area contributed by atoms with Crippen LogP contribution in [0.15, 0.2) is 21.1 Å². The van der Waals surface area contributed by atoms with E-state index < -0.39 is 0 Å². The molecule has 0 heterocycles. The zero-order valence-corrected chi connectivity index (χ0v) is 11.2. The molecule has 0 aliphatic carbocycles. The van der Waals surface area contributed by atoms with E-state index in [0.717, 1.165) is 21.1 Å². The lowest BCUT2D eigenvalue weighted by Gasteiger charge is -2.10. The van der Waals surface area contributed by atoms with Gasteiger partial charge in [-0.25, -0.2) is 0 Å². The molecule has 2 nitrogen and oxygen atoms in total. The van der Waals surface area contributed by atoms with Gasteiger partial charge in [-0.05, 0) is 69.4 Å². The van der Waals surface area contributed by atoms with Gasteiger partial charge >= 0.3 is 0 Å². The van der Waals surface area contributed by atoms with Crippen molar-refractivity contribution in [2.24, 2.45) is 5.73 Å². The summed E-state index contributed by atoms with van der Waals surface area (Å²) < 4.78 is 7.41. The molecular weight excluding hydrogens is 310 g/mol. The third kappa shape index (κ3) is 2.97. The van der Waals surface area contributed by atoms with E-state index in [4.69, 9.17) is 10.5 Å². The first-order chi connectivity index (χ1) is 6.69. The summed E-state index contributed by atoms with van der Waals surface area (Å²) in [5.41, 5.74) is 6.70. The van der Waals surface area contributed by atoms with Gasteiger partial charge in [-0.15, -0.1) is 0 Å². The van der Waals surface area contributed by atoms with Crippen molar-refractivity contribution in [2.75, 3.05) is 13.2 Å². The van der Waals surface area contributed by atoms with Gasteiger partial charge in [-0.3, -0.25) is 0 Å². The number of rotatable bonds is 4. The molecule has 0 fully saturated rings. The lowest BCUT2D eigenvalue weighted by atomic mass is 10.1. The molecule has 4 heteroatoms. The van der Waals surface area contributed by atoms with Crippen LogP contribution in [0.1, 0.15) is 12.5 Å². The Morgan fingerprint density at radius 2 is 1.86 bits per heavy atom. The number of benzene rings is 1. The molecule has 0 aliphatic rings. The lowest BCUT2D eigenvalue weighted by molar-refractivity contribution is 0.336. The summed E-state index contributed by atoms with van der Waals surface area (Å²) in [5, 5.41) is 0. The van der Waals surface area contributed by atoms with Crippen molar-refractivity contribution in [3.05, 3.63) is 26.6 Å². The van der Waals surface area contributed by atoms with Crippen LogP contribution in [0.2, 0.25) is 0 Å². The van der Waals surface area contributed by atoms with Crippen LogP contribution in [-0.4, -0.2) is 13.2 Å². The van der Waals surface area contributed by atoms with Gasteiger partial charge in [0.1, 0.15) is 5.75 Å². The van der Waals surface area contributed by atoms with Crippen LogP contribution in [0, 0.1) is 0 Å². The molecule has 0 radical (unpaired) electrons. The number of hydrogen-bond donors (Lipinski definition) is 1. The topological polar surface area (TPSA) is 35.2 Å². The molecule has 1 rings (SSSR count). The largest absolute Gasteiger partial charge is 0.492 e. The summed E-state index contributed by atoms with van der Waals surface area (Å²) in [4.78, 5) is 0. The van der Waals surface area contributed by atoms with E-state index in [0.29, 0.717) is 13.2 Å². The number of ether oxygens (including phenoxy) is 1. The van der Waals surface area contributed by atoms with Crippen molar-refractivity contribution < 1.29 is 4.74 Å². The van der Waals surface area contributed by atoms with Gasteiger partial charge in [0.05, 0.1) is 15.6 Å². The fraction of sp³-hybridized carbons (Fsp3) is 0.400. The Bertz CT molecular complexity index is 292. The highest BCUT2D eigenvalue weighted by atomic mass is 79.9. The van der Waals surface area contributed by atoms with Crippen LogP contribution >= 0.6 is 31.9 Å². The van der Waals surface area contributed by atoms with Crippen LogP contribution in [0.3, 0.4) is 0 Å². The van der Waals surface area contributed by atoms with E-state index in [1.807, 2.05) is 19.1 Å². The molecule has 2 N–H and O–H groups in total. The normalized spacial score (nSPS) is 10.3. The highest BCUT2D eigenvalue weighted by molar-refractivity contribution is 9.11. The van der Waals surface area contributed by atoms with Gasteiger partial charge in [-0.2, -0.15) is 0 Å². The van der Waals surface area contributed by atoms with Crippen LogP contribution < -0.4 is 10.5 Å². The number of hydrogen-bond acceptors (Lipinski definition) is 2. The summed E-state index contributed by atoms with van der Waals surface area (Å²) in [6.07, 6.45) is 0.879. The fourth-order valence-corrected chi connectivity index (χ4v) is 2.72. The van der Waals surface area contributed by atoms with E-state index in [1.54, 1.807) is 0 Å². The lowest BCUT2D eigenvalue weighted by Crippen LogP contribution is -2.03. The highest BCUT2D eigenvalue weighted by Crippen LogP contribution is 2.34. The van der Waals surface area contributed by atoms with Crippen LogP contribution in [-0.2, 0) is 6.42 Å². The van der Waals surface area contributed by atoms with Crippen molar-refractivity contribution >= 4 is 31.9 Å². The Hall–Kier alpha value is -0.0600. The minimum atomic E-state index is 0.660. The van der Waals surface area contributed by atoms with Crippen molar-refractivity contribution in [2.45, 2.75) is 13.3 Å². The molecule has 0 aliphatic heterocycles. The standard InChI is InChI=1S/C10H13Br2NO/c1-2-14-10-8(11)5-7(3-4-13)6-9(10)12/h5-6H,2-4,13H2,1H3. The fourth-order valence-electron chi connectivity index (χ4n) is 1.21. The molecule has 1 aromatic carbocycles. The first-order valence-corrected chi connectivity index (χ1v) is 6.08. The minimum Gasteiger partial charge on any atom is -0.492 e. The number of nitrogens with two attached hydrogens (primary N) is 1. The molecule has 0 saturated carbocycles. The highest BCUT2D eigenvalue weighted by Gasteiger charge is 2.07. The quantitative estimate of drug-likeness (QED) is 0.924. The average molecular weight is 323 g/mol. The van der Waals surface area contributed by atoms with E-state index in [1.165, 1.54) is 5.56 Å². The van der Waals surface area contributed by atoms with E-state index in [-0.39, 0.29) is 0 Å². The summed E-state index contributed by atoms with van der Waals surface area (Å²) >= 11 is 6.95. The first-order valence-electron chi connectivity index (χ1n) is 4.49. The zero-order valence-electron chi connectivity index (χ0n) is 8.02. The van der Waals surface area contributed by atoms with Gasteiger partial charge in [0.15, 0.2) is 0 Å². The molecule has 0 saturated heterocycles. The molecule has 0 unspecified atom stereocenters. The van der Waals surface area contributed by atoms with Gasteiger partial charge in [0, 0.05) is 0 Å². The maximum atomic E-state index is 5.50. The van der Waals surface area contributed by atoms with Crippen LogP contribution in [0.25, 0.3) is 0 Å². The monoisotopic (exact) mass is 321 g/mol. The Balaban J connectivity index is 2.98. The molecule has 14 heavy (non-hydrogen) atoms. The van der Waals surface area contributed by atoms with E-state index >= 15 is 0 Å². The molecule has 0 aromatic heterocycles. The summed E-state index contributed by atoms with van der Waals surface area (Å²) in [6.45, 7) is 3.28. The van der Waals surface area contributed by atoms with E-state index in [9.17, 15) is 0 Å². The van der Waals surface area contributed by atoms with Crippen LogP contribution in [0.5, 0.6) is 5.75 Å². The summed E-state index contributed by atoms with van der Waals surface area (Å²) in [6, 6.07) is 4.09. The Labute approximate surface area is 101 Å². The van der Waals surface area contributed by atoms with E-state index in [2.05, 4.69) is 31.9 Å². The van der Waals surface area contributed by atoms with Crippen molar-refractivity contribution in [3.8, 4) is 5.75 Å². The average Bonchev–Trinajstić information content (AvgIpc) is 2.12. The van der Waals surface area contributed by atoms with Gasteiger partial charge in [0.25, 0.3) is 0 Å². The van der Waals surface area contributed by atoms with Gasteiger partial charge < -0.3 is 10.5 Å². The SMILES string of the molecule is CCOc1c(Br)cc(CCN)cc1Br. The molecule has 0 bridgehead atoms. The second kappa shape index (κ2) is 5.73. The smallest absolute Gasteiger partial charge is 0.147 e. The second-order valence-electron chi connectivity index (χ2n) is 2.86. The van der Waals surface area contributed by atoms with Crippen molar-refractivity contribution in [1.29, 1.82) is 0 Å². The van der Waals surface area contributed by atoms with Crippen molar-refractivity contribution in [1.82, 2.24) is 0 Å². The van der Waals surface area contributed by atoms with Crippen molar-refractivity contribution in [3.63, 3.8) is 0 Å². The Morgan fingerprint density at radius 3 is 2.29 bits per heavy atom. The molecule has 0 spiro atoms. The number of halogens is 2. The molecule has 0 amide bonds. The van der Waals surface area contributed by atoms with Crippen LogP contribution in [0.4, 0.5) is 0 Å². The predicted molar refractivity (Wildman–Crippen MR) is 65.8 cm³/mol. The third-order valence-electron chi connectivity index (χ3n) is 1.78.